The first kappa shape index (κ1) is 27.4. The molecule has 0 saturated carbocycles. The largest absolute Gasteiger partial charge is 0.488 e. The Kier molecular flexibility index (Phi) is 7.08. The van der Waals surface area contributed by atoms with E-state index in [2.05, 4.69) is 48.9 Å². The van der Waals surface area contributed by atoms with Crippen LogP contribution in [0.15, 0.2) is 69.5 Å². The summed E-state index contributed by atoms with van der Waals surface area (Å²) >= 11 is 3.67. The highest BCUT2D eigenvalue weighted by Gasteiger charge is 2.46. The van der Waals surface area contributed by atoms with Gasteiger partial charge in [0, 0.05) is 41.3 Å². The number of halogens is 1. The zero-order valence-corrected chi connectivity index (χ0v) is 24.7. The van der Waals surface area contributed by atoms with Crippen LogP contribution in [0.1, 0.15) is 80.8 Å². The number of allylic oxidation sites excluding steroid dienone is 4. The summed E-state index contributed by atoms with van der Waals surface area (Å²) in [5, 5.41) is 3.56. The van der Waals surface area contributed by atoms with Crippen LogP contribution in [0.4, 0.5) is 0 Å². The Morgan fingerprint density at radius 1 is 0.897 bits per heavy atom. The lowest BCUT2D eigenvalue weighted by Crippen LogP contribution is -2.42. The lowest BCUT2D eigenvalue weighted by Gasteiger charge is -2.44. The number of rotatable bonds is 5. The number of Topliss-reactive ketones (excluding diaryl/α,β-unsaturated/α-hetero) is 2. The minimum atomic E-state index is -0.389. The van der Waals surface area contributed by atoms with Crippen molar-refractivity contribution in [2.75, 3.05) is 7.11 Å². The van der Waals surface area contributed by atoms with Crippen molar-refractivity contribution in [1.82, 2.24) is 5.32 Å². The maximum Gasteiger partial charge on any atom is 0.337 e. The lowest BCUT2D eigenvalue weighted by molar-refractivity contribution is -0.119. The van der Waals surface area contributed by atoms with Gasteiger partial charge >= 0.3 is 5.97 Å². The van der Waals surface area contributed by atoms with E-state index in [0.717, 1.165) is 51.0 Å². The van der Waals surface area contributed by atoms with Gasteiger partial charge in [0.1, 0.15) is 12.4 Å². The fourth-order valence-corrected chi connectivity index (χ4v) is 6.56. The van der Waals surface area contributed by atoms with Gasteiger partial charge < -0.3 is 14.8 Å². The van der Waals surface area contributed by atoms with Crippen LogP contribution < -0.4 is 10.1 Å². The molecule has 1 heterocycles. The molecule has 7 heteroatoms. The topological polar surface area (TPSA) is 81.7 Å². The van der Waals surface area contributed by atoms with Crippen LogP contribution in [0.25, 0.3) is 0 Å². The number of nitrogens with one attached hydrogen (secondary N) is 1. The zero-order chi connectivity index (χ0) is 28.1. The van der Waals surface area contributed by atoms with E-state index in [4.69, 9.17) is 9.47 Å². The maximum absolute atomic E-state index is 13.5. The maximum atomic E-state index is 13.5. The van der Waals surface area contributed by atoms with Gasteiger partial charge in [-0.15, -0.1) is 0 Å². The van der Waals surface area contributed by atoms with E-state index < -0.39 is 0 Å². The molecule has 39 heavy (non-hydrogen) atoms. The molecule has 1 N–H and O–H groups in total. The summed E-state index contributed by atoms with van der Waals surface area (Å²) in [5.74, 6) is 0.0971. The van der Waals surface area contributed by atoms with Crippen molar-refractivity contribution in [2.45, 2.75) is 65.9 Å². The van der Waals surface area contributed by atoms with Gasteiger partial charge in [-0.05, 0) is 75.0 Å². The minimum Gasteiger partial charge on any atom is -0.488 e. The lowest BCUT2D eigenvalue weighted by atomic mass is 9.64. The molecular formula is C32H34BrNO5. The number of hydrogen-bond acceptors (Lipinski definition) is 6. The second-order valence-electron chi connectivity index (χ2n) is 12.4. The van der Waals surface area contributed by atoms with Gasteiger partial charge in [-0.1, -0.05) is 45.9 Å². The van der Waals surface area contributed by atoms with Gasteiger partial charge in [0.25, 0.3) is 0 Å². The standard InChI is InChI=1S/C32H34BrNO5/c1-31(2)13-22-28(24(35)15-31)27(29-23(34-22)14-32(3,4)16-25(29)36)20-10-11-26(21(33)12-20)39-17-18-6-8-19(9-7-18)30(37)38-5/h6-12,27,34H,13-17H2,1-5H3. The molecule has 2 aliphatic carbocycles. The highest BCUT2D eigenvalue weighted by Crippen LogP contribution is 2.51. The van der Waals surface area contributed by atoms with Crippen molar-refractivity contribution in [1.29, 1.82) is 0 Å². The monoisotopic (exact) mass is 591 g/mol. The summed E-state index contributed by atoms with van der Waals surface area (Å²) in [6.07, 6.45) is 2.47. The molecular weight excluding hydrogens is 558 g/mol. The molecule has 6 nitrogen and oxygen atoms in total. The van der Waals surface area contributed by atoms with E-state index in [9.17, 15) is 14.4 Å². The number of methoxy groups -OCH3 is 1. The van der Waals surface area contributed by atoms with Gasteiger partial charge in [-0.2, -0.15) is 0 Å². The normalized spacial score (nSPS) is 20.3. The summed E-state index contributed by atoms with van der Waals surface area (Å²) in [4.78, 5) is 38.8. The Bertz CT molecular complexity index is 1380. The molecule has 0 saturated heterocycles. The third kappa shape index (κ3) is 5.46. The number of carbonyl (C=O) groups excluding carboxylic acids is 3. The predicted molar refractivity (Wildman–Crippen MR) is 152 cm³/mol. The smallest absolute Gasteiger partial charge is 0.337 e. The van der Waals surface area contributed by atoms with E-state index >= 15 is 0 Å². The number of carbonyl (C=O) groups is 3. The summed E-state index contributed by atoms with van der Waals surface area (Å²) in [6, 6.07) is 12.9. The van der Waals surface area contributed by atoms with Gasteiger partial charge in [-0.3, -0.25) is 9.59 Å². The quantitative estimate of drug-likeness (QED) is 0.385. The van der Waals surface area contributed by atoms with Crippen molar-refractivity contribution in [2.24, 2.45) is 10.8 Å². The Morgan fingerprint density at radius 2 is 1.46 bits per heavy atom. The van der Waals surface area contributed by atoms with Crippen LogP contribution in [0.2, 0.25) is 0 Å². The number of benzene rings is 2. The average molecular weight is 593 g/mol. The summed E-state index contributed by atoms with van der Waals surface area (Å²) in [5.41, 5.74) is 5.40. The van der Waals surface area contributed by atoms with E-state index in [0.29, 0.717) is 30.8 Å². The predicted octanol–water partition coefficient (Wildman–Crippen LogP) is 6.79. The molecule has 5 rings (SSSR count). The van der Waals surface area contributed by atoms with Gasteiger partial charge in [0.2, 0.25) is 0 Å². The van der Waals surface area contributed by atoms with Gasteiger partial charge in [0.05, 0.1) is 17.1 Å². The SMILES string of the molecule is COC(=O)c1ccc(COc2ccc(C3C4=C(CC(C)(C)CC4=O)NC4=C3C(=O)CC(C)(C)C4)cc2Br)cc1. The van der Waals surface area contributed by atoms with Crippen molar-refractivity contribution < 1.29 is 23.9 Å². The molecule has 0 unspecified atom stereocenters. The molecule has 0 radical (unpaired) electrons. The van der Waals surface area contributed by atoms with E-state index in [-0.39, 0.29) is 34.3 Å². The van der Waals surface area contributed by atoms with Crippen LogP contribution in [-0.2, 0) is 20.9 Å². The molecule has 1 aliphatic heterocycles. The number of dihydropyridines is 1. The number of esters is 1. The Labute approximate surface area is 238 Å². The molecule has 0 aromatic heterocycles. The fraction of sp³-hybridized carbons (Fsp3) is 0.406. The first-order valence-electron chi connectivity index (χ1n) is 13.3. The first-order chi connectivity index (χ1) is 18.4. The molecule has 0 spiro atoms. The summed E-state index contributed by atoms with van der Waals surface area (Å²) in [6.45, 7) is 8.81. The highest BCUT2D eigenvalue weighted by molar-refractivity contribution is 9.10. The van der Waals surface area contributed by atoms with Crippen LogP contribution >= 0.6 is 15.9 Å². The Hall–Kier alpha value is -3.19. The van der Waals surface area contributed by atoms with E-state index in [1.54, 1.807) is 12.1 Å². The van der Waals surface area contributed by atoms with Crippen molar-refractivity contribution in [3.63, 3.8) is 0 Å². The average Bonchev–Trinajstić information content (AvgIpc) is 2.85. The first-order valence-corrected chi connectivity index (χ1v) is 14.1. The van der Waals surface area contributed by atoms with E-state index in [1.165, 1.54) is 7.11 Å². The second kappa shape index (κ2) is 10.1. The molecule has 3 aliphatic rings. The van der Waals surface area contributed by atoms with Crippen LogP contribution in [-0.4, -0.2) is 24.6 Å². The fourth-order valence-electron chi connectivity index (χ4n) is 6.05. The van der Waals surface area contributed by atoms with E-state index in [1.807, 2.05) is 30.3 Å². The highest BCUT2D eigenvalue weighted by atomic mass is 79.9. The molecule has 2 aromatic rings. The van der Waals surface area contributed by atoms with Crippen molar-refractivity contribution in [3.8, 4) is 5.75 Å². The van der Waals surface area contributed by atoms with Crippen LogP contribution in [0.5, 0.6) is 5.75 Å². The second-order valence-corrected chi connectivity index (χ2v) is 13.2. The van der Waals surface area contributed by atoms with Crippen molar-refractivity contribution >= 4 is 33.5 Å². The van der Waals surface area contributed by atoms with Crippen LogP contribution in [0.3, 0.4) is 0 Å². The third-order valence-corrected chi connectivity index (χ3v) is 8.40. The summed E-state index contributed by atoms with van der Waals surface area (Å²) in [7, 11) is 1.36. The third-order valence-electron chi connectivity index (χ3n) is 7.78. The number of hydrogen-bond donors (Lipinski definition) is 1. The van der Waals surface area contributed by atoms with Crippen LogP contribution in [0, 0.1) is 10.8 Å². The van der Waals surface area contributed by atoms with Gasteiger partial charge in [0.15, 0.2) is 11.6 Å². The molecule has 0 amide bonds. The number of ether oxygens (including phenoxy) is 2. The van der Waals surface area contributed by atoms with Crippen molar-refractivity contribution in [3.05, 3.63) is 86.2 Å². The Morgan fingerprint density at radius 3 is 1.97 bits per heavy atom. The molecule has 0 atom stereocenters. The molecule has 0 fully saturated rings. The summed E-state index contributed by atoms with van der Waals surface area (Å²) < 4.78 is 11.6. The molecule has 204 valence electrons. The number of ketones is 2. The molecule has 0 bridgehead atoms. The zero-order valence-electron chi connectivity index (χ0n) is 23.1. The van der Waals surface area contributed by atoms with Gasteiger partial charge in [-0.25, -0.2) is 4.79 Å². The molecule has 2 aromatic carbocycles. The minimum absolute atomic E-state index is 0.106. The Balaban J connectivity index is 1.46.